The lowest BCUT2D eigenvalue weighted by molar-refractivity contribution is 0.134. The normalized spacial score (nSPS) is 15.9. The number of benzene rings is 1. The van der Waals surface area contributed by atoms with Crippen LogP contribution in [-0.2, 0) is 18.0 Å². The molecule has 70 valence electrons. The van der Waals surface area contributed by atoms with Gasteiger partial charge in [0.2, 0.25) is 0 Å². The van der Waals surface area contributed by atoms with Crippen molar-refractivity contribution < 1.29 is 17.7 Å². The van der Waals surface area contributed by atoms with Gasteiger partial charge in [-0.25, -0.2) is 0 Å². The topological polar surface area (TPSA) is 9.23 Å². The molecule has 0 fully saturated rings. The van der Waals surface area contributed by atoms with Crippen LogP contribution in [0.4, 0.5) is 12.9 Å². The highest BCUT2D eigenvalue weighted by Gasteiger charge is 2.26. The smallest absolute Gasteiger partial charge is 0.445 e. The Bertz CT molecular complexity index is 335. The Labute approximate surface area is 73.6 Å². The minimum Gasteiger partial charge on any atom is -0.445 e. The molecule has 0 atom stereocenters. The number of hydrogen-bond donors (Lipinski definition) is 0. The van der Waals surface area contributed by atoms with Crippen molar-refractivity contribution in [2.45, 2.75) is 13.2 Å². The monoisotopic (exact) mass is 187 g/mol. The van der Waals surface area contributed by atoms with Crippen molar-refractivity contribution >= 4 is 12.4 Å². The van der Waals surface area contributed by atoms with Crippen molar-refractivity contribution in [2.24, 2.45) is 0 Å². The summed E-state index contributed by atoms with van der Waals surface area (Å²) in [4.78, 5) is 0. The summed E-state index contributed by atoms with van der Waals surface area (Å²) in [6, 6.07) is 3.79. The number of rotatable bonds is 1. The Hall–Kier alpha value is -0.965. The molecule has 1 heterocycles. The molecular formula is C8H7BF3O-. The third-order valence-corrected chi connectivity index (χ3v) is 2.12. The van der Waals surface area contributed by atoms with Crippen LogP contribution in [0.1, 0.15) is 11.1 Å². The van der Waals surface area contributed by atoms with Gasteiger partial charge in [0, 0.05) is 0 Å². The van der Waals surface area contributed by atoms with Gasteiger partial charge in [0.1, 0.15) is 0 Å². The average Bonchev–Trinajstić information content (AvgIpc) is 2.47. The van der Waals surface area contributed by atoms with Crippen LogP contribution in [-0.4, -0.2) is 6.98 Å². The Morgan fingerprint density at radius 1 is 1.08 bits per heavy atom. The molecule has 0 N–H and O–H groups in total. The van der Waals surface area contributed by atoms with Gasteiger partial charge in [0.15, 0.2) is 0 Å². The van der Waals surface area contributed by atoms with Gasteiger partial charge in [-0.1, -0.05) is 18.2 Å². The van der Waals surface area contributed by atoms with Gasteiger partial charge in [-0.2, -0.15) is 0 Å². The van der Waals surface area contributed by atoms with Gasteiger partial charge in [0.25, 0.3) is 0 Å². The zero-order valence-corrected chi connectivity index (χ0v) is 6.77. The van der Waals surface area contributed by atoms with E-state index in [1.165, 1.54) is 12.1 Å². The van der Waals surface area contributed by atoms with Crippen molar-refractivity contribution in [1.29, 1.82) is 0 Å². The molecule has 0 amide bonds. The summed E-state index contributed by atoms with van der Waals surface area (Å²) in [7, 11) is 0. The van der Waals surface area contributed by atoms with E-state index in [4.69, 9.17) is 4.74 Å². The Morgan fingerprint density at radius 2 is 1.77 bits per heavy atom. The summed E-state index contributed by atoms with van der Waals surface area (Å²) >= 11 is 0. The molecule has 1 aliphatic rings. The van der Waals surface area contributed by atoms with Crippen LogP contribution in [0, 0.1) is 0 Å². The zero-order chi connectivity index (χ0) is 9.47. The molecule has 0 aliphatic carbocycles. The van der Waals surface area contributed by atoms with Crippen LogP contribution in [0.3, 0.4) is 0 Å². The maximum Gasteiger partial charge on any atom is 0.509 e. The van der Waals surface area contributed by atoms with Gasteiger partial charge in [0.05, 0.1) is 13.2 Å². The van der Waals surface area contributed by atoms with Crippen LogP contribution in [0.15, 0.2) is 18.2 Å². The molecule has 0 bridgehead atoms. The first-order valence-corrected chi connectivity index (χ1v) is 3.97. The first-order valence-electron chi connectivity index (χ1n) is 3.97. The fraction of sp³-hybridized carbons (Fsp3) is 0.250. The molecule has 0 unspecified atom stereocenters. The molecule has 0 saturated carbocycles. The first kappa shape index (κ1) is 8.63. The minimum atomic E-state index is -4.87. The Balaban J connectivity index is 2.42. The SMILES string of the molecule is F[B-](F)(F)c1ccc2c(c1)COC2. The Kier molecular flexibility index (Phi) is 1.84. The van der Waals surface area contributed by atoms with Crippen molar-refractivity contribution in [3.8, 4) is 0 Å². The van der Waals surface area contributed by atoms with Gasteiger partial charge in [-0.05, 0) is 11.1 Å². The van der Waals surface area contributed by atoms with E-state index in [2.05, 4.69) is 0 Å². The third kappa shape index (κ3) is 1.56. The molecule has 0 aromatic heterocycles. The van der Waals surface area contributed by atoms with Gasteiger partial charge in [-0.3, -0.25) is 0 Å². The summed E-state index contributed by atoms with van der Waals surface area (Å²) < 4.78 is 41.9. The standard InChI is InChI=1S/C8H7BF3O/c10-9(11,12)8-2-1-6-4-13-5-7(6)3-8/h1-3H,4-5H2/q-1. The summed E-state index contributed by atoms with van der Waals surface area (Å²) in [6.07, 6.45) is 0. The molecule has 5 heteroatoms. The predicted molar refractivity (Wildman–Crippen MR) is 43.6 cm³/mol. The molecule has 1 nitrogen and oxygen atoms in total. The van der Waals surface area contributed by atoms with Crippen LogP contribution in [0.25, 0.3) is 0 Å². The summed E-state index contributed by atoms with van der Waals surface area (Å²) in [5.41, 5.74) is 0.991. The van der Waals surface area contributed by atoms with Gasteiger partial charge >= 0.3 is 6.98 Å². The highest BCUT2D eigenvalue weighted by atomic mass is 19.4. The molecule has 1 aromatic carbocycles. The molecule has 0 saturated heterocycles. The minimum absolute atomic E-state index is 0.301. The predicted octanol–water partition coefficient (Wildman–Crippen LogP) is 1.77. The lowest BCUT2D eigenvalue weighted by Crippen LogP contribution is -2.34. The second-order valence-electron chi connectivity index (χ2n) is 3.10. The van der Waals surface area contributed by atoms with E-state index in [1.807, 2.05) is 0 Å². The quantitative estimate of drug-likeness (QED) is 0.608. The fourth-order valence-corrected chi connectivity index (χ4v) is 1.40. The molecule has 0 radical (unpaired) electrons. The van der Waals surface area contributed by atoms with Crippen LogP contribution in [0.2, 0.25) is 0 Å². The first-order chi connectivity index (χ1) is 6.07. The maximum atomic E-state index is 12.3. The van der Waals surface area contributed by atoms with E-state index >= 15 is 0 Å². The van der Waals surface area contributed by atoms with Crippen molar-refractivity contribution in [2.75, 3.05) is 0 Å². The number of hydrogen-bond acceptors (Lipinski definition) is 1. The van der Waals surface area contributed by atoms with Crippen LogP contribution >= 0.6 is 0 Å². The third-order valence-electron chi connectivity index (χ3n) is 2.12. The average molecular weight is 187 g/mol. The van der Waals surface area contributed by atoms with Crippen LogP contribution < -0.4 is 5.46 Å². The number of fused-ring (bicyclic) bond motifs is 1. The summed E-state index contributed by atoms with van der Waals surface area (Å²) in [5, 5.41) is 0. The van der Waals surface area contributed by atoms with E-state index in [-0.39, 0.29) is 0 Å². The molecule has 1 aliphatic heterocycles. The van der Waals surface area contributed by atoms with Crippen molar-refractivity contribution in [1.82, 2.24) is 0 Å². The molecule has 0 spiro atoms. The largest absolute Gasteiger partial charge is 0.509 e. The maximum absolute atomic E-state index is 12.3. The number of halogens is 3. The van der Waals surface area contributed by atoms with E-state index in [9.17, 15) is 12.9 Å². The second kappa shape index (κ2) is 2.77. The van der Waals surface area contributed by atoms with Crippen molar-refractivity contribution in [3.63, 3.8) is 0 Å². The van der Waals surface area contributed by atoms with E-state index in [1.54, 1.807) is 0 Å². The van der Waals surface area contributed by atoms with Gasteiger partial charge in [-0.15, -0.1) is 5.46 Å². The molecule has 13 heavy (non-hydrogen) atoms. The van der Waals surface area contributed by atoms with E-state index in [0.717, 1.165) is 11.6 Å². The summed E-state index contributed by atoms with van der Waals surface area (Å²) in [5.74, 6) is 0. The fourth-order valence-electron chi connectivity index (χ4n) is 1.40. The van der Waals surface area contributed by atoms with Crippen LogP contribution in [0.5, 0.6) is 0 Å². The second-order valence-corrected chi connectivity index (χ2v) is 3.10. The van der Waals surface area contributed by atoms with E-state index in [0.29, 0.717) is 18.8 Å². The lowest BCUT2D eigenvalue weighted by atomic mass is 9.79. The summed E-state index contributed by atoms with van der Waals surface area (Å²) in [6.45, 7) is -4.14. The Morgan fingerprint density at radius 3 is 2.46 bits per heavy atom. The van der Waals surface area contributed by atoms with Crippen molar-refractivity contribution in [3.05, 3.63) is 29.3 Å². The van der Waals surface area contributed by atoms with Gasteiger partial charge < -0.3 is 17.7 Å². The highest BCUT2D eigenvalue weighted by Crippen LogP contribution is 2.20. The van der Waals surface area contributed by atoms with E-state index < -0.39 is 12.4 Å². The molecular weight excluding hydrogens is 180 g/mol. The zero-order valence-electron chi connectivity index (χ0n) is 6.77. The molecule has 2 rings (SSSR count). The molecule has 1 aromatic rings. The lowest BCUT2D eigenvalue weighted by Gasteiger charge is -2.15. The highest BCUT2D eigenvalue weighted by molar-refractivity contribution is 6.73. The number of ether oxygens (including phenoxy) is 1.